The Bertz CT molecular complexity index is 229. The van der Waals surface area contributed by atoms with Gasteiger partial charge >= 0.3 is 6.03 Å². The summed E-state index contributed by atoms with van der Waals surface area (Å²) >= 11 is 4.13. The van der Waals surface area contributed by atoms with Crippen LogP contribution in [-0.4, -0.2) is 16.8 Å². The molecule has 1 unspecified atom stereocenters. The maximum absolute atomic E-state index is 11.2. The van der Waals surface area contributed by atoms with Gasteiger partial charge in [0.1, 0.15) is 0 Å². The molecule has 0 aromatic heterocycles. The van der Waals surface area contributed by atoms with Gasteiger partial charge in [-0.1, -0.05) is 13.8 Å². The van der Waals surface area contributed by atoms with Crippen LogP contribution < -0.4 is 10.6 Å². The van der Waals surface area contributed by atoms with Crippen LogP contribution in [0, 0.1) is 5.92 Å². The van der Waals surface area contributed by atoms with Gasteiger partial charge in [-0.3, -0.25) is 10.1 Å². The SMILES string of the molecule is CC(C)CC1(S)NC(=O)NC1=O. The Morgan fingerprint density at radius 3 is 2.42 bits per heavy atom. The molecule has 1 saturated heterocycles. The second-order valence-electron chi connectivity index (χ2n) is 3.37. The van der Waals surface area contributed by atoms with E-state index in [-0.39, 0.29) is 5.91 Å². The summed E-state index contributed by atoms with van der Waals surface area (Å²) in [5, 5.41) is 4.62. The Hall–Kier alpha value is -0.710. The summed E-state index contributed by atoms with van der Waals surface area (Å²) < 4.78 is 0. The summed E-state index contributed by atoms with van der Waals surface area (Å²) in [5.74, 6) is -0.0452. The van der Waals surface area contributed by atoms with E-state index in [1.807, 2.05) is 13.8 Å². The number of rotatable bonds is 2. The summed E-state index contributed by atoms with van der Waals surface area (Å²) in [6, 6.07) is -0.462. The van der Waals surface area contributed by atoms with Crippen molar-refractivity contribution in [2.24, 2.45) is 5.92 Å². The molecule has 3 amide bonds. The molecule has 1 aliphatic rings. The van der Waals surface area contributed by atoms with Crippen LogP contribution in [0.15, 0.2) is 0 Å². The van der Waals surface area contributed by atoms with E-state index in [1.165, 1.54) is 0 Å². The fourth-order valence-electron chi connectivity index (χ4n) is 1.22. The lowest BCUT2D eigenvalue weighted by atomic mass is 10.0. The molecule has 1 fully saturated rings. The normalized spacial score (nSPS) is 29.0. The molecule has 12 heavy (non-hydrogen) atoms. The van der Waals surface area contributed by atoms with Crippen molar-refractivity contribution >= 4 is 24.6 Å². The third-order valence-electron chi connectivity index (χ3n) is 1.63. The molecule has 5 heteroatoms. The second kappa shape index (κ2) is 2.97. The van der Waals surface area contributed by atoms with Crippen molar-refractivity contribution in [3.05, 3.63) is 0 Å². The number of urea groups is 1. The van der Waals surface area contributed by atoms with Gasteiger partial charge in [0, 0.05) is 0 Å². The highest BCUT2D eigenvalue weighted by Gasteiger charge is 2.43. The zero-order valence-corrected chi connectivity index (χ0v) is 7.94. The molecule has 1 atom stereocenters. The lowest BCUT2D eigenvalue weighted by Crippen LogP contribution is -2.42. The number of amides is 3. The minimum atomic E-state index is -1.01. The zero-order valence-electron chi connectivity index (χ0n) is 7.05. The van der Waals surface area contributed by atoms with Crippen molar-refractivity contribution in [2.45, 2.75) is 25.1 Å². The van der Waals surface area contributed by atoms with Gasteiger partial charge in [-0.05, 0) is 12.3 Å². The lowest BCUT2D eigenvalue weighted by molar-refractivity contribution is -0.121. The van der Waals surface area contributed by atoms with Gasteiger partial charge in [-0.15, -0.1) is 12.6 Å². The van der Waals surface area contributed by atoms with Gasteiger partial charge in [0.25, 0.3) is 5.91 Å². The number of hydrogen-bond donors (Lipinski definition) is 3. The van der Waals surface area contributed by atoms with Crippen molar-refractivity contribution in [1.29, 1.82) is 0 Å². The van der Waals surface area contributed by atoms with Crippen LogP contribution in [0.2, 0.25) is 0 Å². The zero-order chi connectivity index (χ0) is 9.35. The predicted octanol–water partition coefficient (Wildman–Crippen LogP) is 0.498. The van der Waals surface area contributed by atoms with Crippen molar-refractivity contribution < 1.29 is 9.59 Å². The van der Waals surface area contributed by atoms with Gasteiger partial charge in [-0.25, -0.2) is 4.79 Å². The maximum Gasteiger partial charge on any atom is 0.323 e. The van der Waals surface area contributed by atoms with E-state index in [4.69, 9.17) is 0 Å². The number of imide groups is 1. The monoisotopic (exact) mass is 188 g/mol. The number of nitrogens with one attached hydrogen (secondary N) is 2. The third-order valence-corrected chi connectivity index (χ3v) is 2.12. The molecule has 1 aliphatic heterocycles. The fourth-order valence-corrected chi connectivity index (χ4v) is 1.74. The molecule has 4 nitrogen and oxygen atoms in total. The topological polar surface area (TPSA) is 58.2 Å². The van der Waals surface area contributed by atoms with E-state index in [1.54, 1.807) is 0 Å². The Morgan fingerprint density at radius 2 is 2.08 bits per heavy atom. The van der Waals surface area contributed by atoms with Gasteiger partial charge in [0.05, 0.1) is 0 Å². The van der Waals surface area contributed by atoms with Crippen LogP contribution in [0.1, 0.15) is 20.3 Å². The summed E-state index contributed by atoms with van der Waals surface area (Å²) in [4.78, 5) is 20.9. The second-order valence-corrected chi connectivity index (χ2v) is 4.13. The van der Waals surface area contributed by atoms with Gasteiger partial charge in [0.2, 0.25) is 0 Å². The van der Waals surface area contributed by atoms with Gasteiger partial charge in [0.15, 0.2) is 4.87 Å². The minimum Gasteiger partial charge on any atom is -0.315 e. The lowest BCUT2D eigenvalue weighted by Gasteiger charge is -2.21. The first-order valence-electron chi connectivity index (χ1n) is 3.80. The standard InChI is InChI=1S/C7H12N2O2S/c1-4(2)3-7(12)5(10)8-6(11)9-7/h4,12H,3H2,1-2H3,(H2,8,9,10,11). The highest BCUT2D eigenvalue weighted by molar-refractivity contribution is 7.82. The highest BCUT2D eigenvalue weighted by atomic mass is 32.1. The van der Waals surface area contributed by atoms with E-state index in [0.717, 1.165) is 0 Å². The average molecular weight is 188 g/mol. The average Bonchev–Trinajstić information content (AvgIpc) is 2.04. The van der Waals surface area contributed by atoms with Crippen molar-refractivity contribution in [3.8, 4) is 0 Å². The van der Waals surface area contributed by atoms with Gasteiger partial charge in [-0.2, -0.15) is 0 Å². The molecule has 2 N–H and O–H groups in total. The van der Waals surface area contributed by atoms with E-state index in [2.05, 4.69) is 23.3 Å². The third kappa shape index (κ3) is 1.72. The number of carbonyl (C=O) groups is 2. The van der Waals surface area contributed by atoms with Crippen LogP contribution >= 0.6 is 12.6 Å². The molecule has 0 bridgehead atoms. The van der Waals surface area contributed by atoms with Crippen molar-refractivity contribution in [1.82, 2.24) is 10.6 Å². The smallest absolute Gasteiger partial charge is 0.315 e. The quantitative estimate of drug-likeness (QED) is 0.436. The largest absolute Gasteiger partial charge is 0.323 e. The van der Waals surface area contributed by atoms with E-state index in [9.17, 15) is 9.59 Å². The molecular formula is C7H12N2O2S. The Morgan fingerprint density at radius 1 is 1.50 bits per heavy atom. The highest BCUT2D eigenvalue weighted by Crippen LogP contribution is 2.23. The summed E-state index contributed by atoms with van der Waals surface area (Å²) in [7, 11) is 0. The Labute approximate surface area is 76.5 Å². The van der Waals surface area contributed by atoms with Crippen LogP contribution in [-0.2, 0) is 4.79 Å². The van der Waals surface area contributed by atoms with E-state index in [0.29, 0.717) is 12.3 Å². The molecule has 0 saturated carbocycles. The molecule has 0 aromatic carbocycles. The summed E-state index contributed by atoms with van der Waals surface area (Å²) in [5.41, 5.74) is 0. The van der Waals surface area contributed by atoms with Crippen molar-refractivity contribution in [2.75, 3.05) is 0 Å². The van der Waals surface area contributed by atoms with E-state index >= 15 is 0 Å². The molecule has 1 rings (SSSR count). The first-order chi connectivity index (χ1) is 5.44. The van der Waals surface area contributed by atoms with Crippen LogP contribution in [0.4, 0.5) is 4.79 Å². The van der Waals surface area contributed by atoms with Gasteiger partial charge < -0.3 is 5.32 Å². The summed E-state index contributed by atoms with van der Waals surface area (Å²) in [6.45, 7) is 3.94. The number of carbonyl (C=O) groups excluding carboxylic acids is 2. The van der Waals surface area contributed by atoms with Crippen LogP contribution in [0.5, 0.6) is 0 Å². The molecular weight excluding hydrogens is 176 g/mol. The fraction of sp³-hybridized carbons (Fsp3) is 0.714. The van der Waals surface area contributed by atoms with Crippen molar-refractivity contribution in [3.63, 3.8) is 0 Å². The predicted molar refractivity (Wildman–Crippen MR) is 47.8 cm³/mol. The molecule has 0 aliphatic carbocycles. The Kier molecular flexibility index (Phi) is 2.32. The molecule has 68 valence electrons. The summed E-state index contributed by atoms with van der Waals surface area (Å²) in [6.07, 6.45) is 0.535. The van der Waals surface area contributed by atoms with E-state index < -0.39 is 10.9 Å². The first-order valence-corrected chi connectivity index (χ1v) is 4.25. The van der Waals surface area contributed by atoms with Crippen LogP contribution in [0.25, 0.3) is 0 Å². The first kappa shape index (κ1) is 9.38. The molecule has 1 heterocycles. The maximum atomic E-state index is 11.2. The van der Waals surface area contributed by atoms with Crippen LogP contribution in [0.3, 0.4) is 0 Å². The number of hydrogen-bond acceptors (Lipinski definition) is 3. The minimum absolute atomic E-state index is 0.312. The molecule has 0 aromatic rings. The number of thiol groups is 1. The molecule has 0 radical (unpaired) electrons. The molecule has 0 spiro atoms. The Balaban J connectivity index is 2.71.